The van der Waals surface area contributed by atoms with Gasteiger partial charge < -0.3 is 0 Å². The van der Waals surface area contributed by atoms with E-state index in [-0.39, 0.29) is 5.82 Å². The third-order valence-corrected chi connectivity index (χ3v) is 1.59. The van der Waals surface area contributed by atoms with Crippen LogP contribution in [0.4, 0.5) is 13.2 Å². The van der Waals surface area contributed by atoms with Crippen LogP contribution in [-0.2, 0) is 6.18 Å². The third-order valence-electron chi connectivity index (χ3n) is 1.59. The maximum Gasteiger partial charge on any atom is 0.435 e. The van der Waals surface area contributed by atoms with E-state index in [2.05, 4.69) is 20.3 Å². The molecule has 0 radical (unpaired) electrons. The number of nitrogens with zero attached hydrogens (tertiary/aromatic N) is 5. The van der Waals surface area contributed by atoms with Crippen molar-refractivity contribution in [2.45, 2.75) is 6.18 Å². The quantitative estimate of drug-likeness (QED) is 0.714. The van der Waals surface area contributed by atoms with Crippen molar-refractivity contribution in [1.82, 2.24) is 25.0 Å². The van der Waals surface area contributed by atoms with Gasteiger partial charge in [-0.25, -0.2) is 9.67 Å². The van der Waals surface area contributed by atoms with Crippen LogP contribution in [0, 0.1) is 0 Å². The van der Waals surface area contributed by atoms with Crippen LogP contribution >= 0.6 is 0 Å². The Morgan fingerprint density at radius 1 is 1.13 bits per heavy atom. The predicted molar refractivity (Wildman–Crippen MR) is 42.0 cm³/mol. The standard InChI is InChI=1S/C7H4F3N5/c8-7(9,10)5-1-2-6(14-13-5)15-4-11-3-12-15/h1-4H. The van der Waals surface area contributed by atoms with E-state index < -0.39 is 11.9 Å². The van der Waals surface area contributed by atoms with Crippen LogP contribution in [0.5, 0.6) is 0 Å². The Kier molecular flexibility index (Phi) is 2.10. The highest BCUT2D eigenvalue weighted by Crippen LogP contribution is 2.26. The lowest BCUT2D eigenvalue weighted by molar-refractivity contribution is -0.141. The van der Waals surface area contributed by atoms with Gasteiger partial charge in [0.15, 0.2) is 11.5 Å². The summed E-state index contributed by atoms with van der Waals surface area (Å²) < 4.78 is 37.6. The molecule has 0 aromatic carbocycles. The molecular weight excluding hydrogens is 211 g/mol. The van der Waals surface area contributed by atoms with Crippen molar-refractivity contribution in [3.05, 3.63) is 30.5 Å². The van der Waals surface area contributed by atoms with Crippen LogP contribution in [0.1, 0.15) is 5.69 Å². The summed E-state index contributed by atoms with van der Waals surface area (Å²) in [6.07, 6.45) is -1.91. The monoisotopic (exact) mass is 215 g/mol. The second-order valence-corrected chi connectivity index (χ2v) is 2.61. The largest absolute Gasteiger partial charge is 0.435 e. The molecule has 0 aliphatic carbocycles. The maximum absolute atomic E-state index is 12.1. The Morgan fingerprint density at radius 2 is 1.93 bits per heavy atom. The SMILES string of the molecule is FC(F)(F)c1ccc(-n2cncn2)nn1. The lowest BCUT2D eigenvalue weighted by atomic mass is 10.4. The van der Waals surface area contributed by atoms with Crippen LogP contribution in [0.2, 0.25) is 0 Å². The summed E-state index contributed by atoms with van der Waals surface area (Å²) in [6.45, 7) is 0. The van der Waals surface area contributed by atoms with Crippen molar-refractivity contribution >= 4 is 0 Å². The van der Waals surface area contributed by atoms with Gasteiger partial charge in [0.1, 0.15) is 12.7 Å². The average molecular weight is 215 g/mol. The molecule has 78 valence electrons. The van der Waals surface area contributed by atoms with Gasteiger partial charge in [0.05, 0.1) is 0 Å². The summed E-state index contributed by atoms with van der Waals surface area (Å²) in [6, 6.07) is 2.01. The maximum atomic E-state index is 12.1. The van der Waals surface area contributed by atoms with Crippen LogP contribution in [0.25, 0.3) is 5.82 Å². The highest BCUT2D eigenvalue weighted by molar-refractivity contribution is 5.20. The number of hydrogen-bond donors (Lipinski definition) is 0. The summed E-state index contributed by atoms with van der Waals surface area (Å²) >= 11 is 0. The van der Waals surface area contributed by atoms with E-state index in [0.29, 0.717) is 0 Å². The molecule has 0 unspecified atom stereocenters. The molecule has 0 amide bonds. The average Bonchev–Trinajstić information content (AvgIpc) is 2.69. The highest BCUT2D eigenvalue weighted by atomic mass is 19.4. The first-order valence-electron chi connectivity index (χ1n) is 3.83. The van der Waals surface area contributed by atoms with Gasteiger partial charge in [-0.3, -0.25) is 0 Å². The van der Waals surface area contributed by atoms with Crippen molar-refractivity contribution in [2.24, 2.45) is 0 Å². The smallest absolute Gasteiger partial charge is 0.223 e. The molecule has 0 aliphatic rings. The molecule has 0 fully saturated rings. The fourth-order valence-electron chi connectivity index (χ4n) is 0.925. The van der Waals surface area contributed by atoms with Crippen molar-refractivity contribution in [2.75, 3.05) is 0 Å². The molecule has 0 aliphatic heterocycles. The first-order chi connectivity index (χ1) is 7.07. The molecule has 2 rings (SSSR count). The van der Waals surface area contributed by atoms with Crippen molar-refractivity contribution < 1.29 is 13.2 Å². The fourth-order valence-corrected chi connectivity index (χ4v) is 0.925. The molecule has 5 nitrogen and oxygen atoms in total. The molecule has 0 atom stereocenters. The minimum absolute atomic E-state index is 0.181. The lowest BCUT2D eigenvalue weighted by Crippen LogP contribution is -2.10. The second-order valence-electron chi connectivity index (χ2n) is 2.61. The van der Waals surface area contributed by atoms with Crippen LogP contribution < -0.4 is 0 Å². The minimum atomic E-state index is -4.48. The molecule has 0 saturated carbocycles. The molecule has 0 saturated heterocycles. The summed E-state index contributed by atoms with van der Waals surface area (Å²) in [7, 11) is 0. The number of alkyl halides is 3. The highest BCUT2D eigenvalue weighted by Gasteiger charge is 2.32. The lowest BCUT2D eigenvalue weighted by Gasteiger charge is -2.04. The van der Waals surface area contributed by atoms with E-state index in [0.717, 1.165) is 6.07 Å². The van der Waals surface area contributed by atoms with Gasteiger partial charge in [-0.1, -0.05) is 0 Å². The topological polar surface area (TPSA) is 56.5 Å². The zero-order valence-electron chi connectivity index (χ0n) is 7.18. The molecular formula is C7H4F3N5. The van der Waals surface area contributed by atoms with E-state index in [1.165, 1.54) is 23.4 Å². The summed E-state index contributed by atoms with van der Waals surface area (Å²) in [5.74, 6) is 0.181. The number of aromatic nitrogens is 5. The first kappa shape index (κ1) is 9.56. The molecule has 8 heteroatoms. The van der Waals surface area contributed by atoms with Gasteiger partial charge in [-0.15, -0.1) is 10.2 Å². The summed E-state index contributed by atoms with van der Waals surface area (Å²) in [4.78, 5) is 3.63. The number of halogens is 3. The first-order valence-corrected chi connectivity index (χ1v) is 3.83. The molecule has 2 heterocycles. The van der Waals surface area contributed by atoms with Crippen LogP contribution in [0.15, 0.2) is 24.8 Å². The Balaban J connectivity index is 2.33. The van der Waals surface area contributed by atoms with Crippen molar-refractivity contribution in [3.8, 4) is 5.82 Å². The summed E-state index contributed by atoms with van der Waals surface area (Å²) in [5.41, 5.74) is -1.04. The van der Waals surface area contributed by atoms with Crippen molar-refractivity contribution in [3.63, 3.8) is 0 Å². The Morgan fingerprint density at radius 3 is 2.40 bits per heavy atom. The van der Waals surface area contributed by atoms with E-state index in [1.54, 1.807) is 0 Å². The molecule has 0 bridgehead atoms. The second kappa shape index (κ2) is 3.30. The van der Waals surface area contributed by atoms with Crippen molar-refractivity contribution in [1.29, 1.82) is 0 Å². The number of hydrogen-bond acceptors (Lipinski definition) is 4. The molecule has 2 aromatic rings. The Bertz CT molecular complexity index is 433. The van der Waals surface area contributed by atoms with Crippen LogP contribution in [-0.4, -0.2) is 25.0 Å². The Hall–Kier alpha value is -1.99. The molecule has 0 N–H and O–H groups in total. The van der Waals surface area contributed by atoms with Gasteiger partial charge in [-0.05, 0) is 12.1 Å². The third kappa shape index (κ3) is 1.92. The van der Waals surface area contributed by atoms with Gasteiger partial charge >= 0.3 is 6.18 Å². The van der Waals surface area contributed by atoms with E-state index in [1.807, 2.05) is 0 Å². The van der Waals surface area contributed by atoms with Gasteiger partial charge in [0.2, 0.25) is 0 Å². The van der Waals surface area contributed by atoms with E-state index >= 15 is 0 Å². The van der Waals surface area contributed by atoms with Gasteiger partial charge in [-0.2, -0.15) is 18.3 Å². The molecule has 15 heavy (non-hydrogen) atoms. The van der Waals surface area contributed by atoms with E-state index in [9.17, 15) is 13.2 Å². The van der Waals surface area contributed by atoms with Gasteiger partial charge in [0, 0.05) is 0 Å². The number of rotatable bonds is 1. The predicted octanol–water partition coefficient (Wildman–Crippen LogP) is 1.08. The zero-order valence-corrected chi connectivity index (χ0v) is 7.18. The zero-order chi connectivity index (χ0) is 10.9. The molecule has 0 spiro atoms. The normalized spacial score (nSPS) is 11.7. The fraction of sp³-hybridized carbons (Fsp3) is 0.143. The van der Waals surface area contributed by atoms with Gasteiger partial charge in [0.25, 0.3) is 0 Å². The summed E-state index contributed by atoms with van der Waals surface area (Å²) in [5, 5.41) is 10.1. The minimum Gasteiger partial charge on any atom is -0.223 e. The van der Waals surface area contributed by atoms with E-state index in [4.69, 9.17) is 0 Å². The van der Waals surface area contributed by atoms with Crippen LogP contribution in [0.3, 0.4) is 0 Å². The Labute approximate surface area is 81.6 Å². The molecule has 2 aromatic heterocycles.